The second-order valence-corrected chi connectivity index (χ2v) is 13.8. The molecule has 0 aromatic heterocycles. The minimum Gasteiger partial charge on any atom is -0.340 e. The summed E-state index contributed by atoms with van der Waals surface area (Å²) in [7, 11) is -4.49. The topological polar surface area (TPSA) is 54.5 Å². The van der Waals surface area contributed by atoms with Crippen LogP contribution < -0.4 is 0 Å². The van der Waals surface area contributed by atoms with E-state index in [2.05, 4.69) is 0 Å². The van der Waals surface area contributed by atoms with Crippen molar-refractivity contribution >= 4 is 27.5 Å². The van der Waals surface area contributed by atoms with Gasteiger partial charge in [-0.3, -0.25) is 4.79 Å². The third-order valence-corrected chi connectivity index (χ3v) is 11.8. The predicted molar refractivity (Wildman–Crippen MR) is 137 cm³/mol. The van der Waals surface area contributed by atoms with Gasteiger partial charge in [-0.25, -0.2) is 17.2 Å². The summed E-state index contributed by atoms with van der Waals surface area (Å²) >= 11 is 1.70. The van der Waals surface area contributed by atoms with Gasteiger partial charge in [0, 0.05) is 29.8 Å². The molecule has 0 radical (unpaired) electrons. The lowest BCUT2D eigenvalue weighted by Crippen LogP contribution is -2.50. The van der Waals surface area contributed by atoms with Crippen molar-refractivity contribution in [2.24, 2.45) is 5.92 Å². The third kappa shape index (κ3) is 5.46. The molecule has 2 aromatic carbocycles. The van der Waals surface area contributed by atoms with Crippen LogP contribution in [0.4, 0.5) is 35.1 Å². The van der Waals surface area contributed by atoms with E-state index in [-0.39, 0.29) is 47.4 Å². The lowest BCUT2D eigenvalue weighted by atomic mass is 9.88. The molecule has 14 heteroatoms. The molecule has 226 valence electrons. The number of carbonyl (C=O) groups is 1. The van der Waals surface area contributed by atoms with Crippen LogP contribution in [-0.2, 0) is 25.0 Å². The maximum Gasteiger partial charge on any atom is 0.435 e. The lowest BCUT2D eigenvalue weighted by Gasteiger charge is -2.33. The van der Waals surface area contributed by atoms with Gasteiger partial charge in [-0.15, -0.1) is 0 Å². The maximum atomic E-state index is 14.6. The van der Waals surface area contributed by atoms with E-state index in [4.69, 9.17) is 0 Å². The molecule has 2 aromatic rings. The molecule has 2 aliphatic rings. The quantitative estimate of drug-likeness (QED) is 0.257. The van der Waals surface area contributed by atoms with E-state index in [0.717, 1.165) is 49.2 Å². The van der Waals surface area contributed by atoms with Gasteiger partial charge in [0.2, 0.25) is 5.91 Å². The Morgan fingerprint density at radius 1 is 0.878 bits per heavy atom. The van der Waals surface area contributed by atoms with E-state index < -0.39 is 50.5 Å². The zero-order valence-corrected chi connectivity index (χ0v) is 23.4. The Balaban J connectivity index is 1.76. The van der Waals surface area contributed by atoms with Crippen molar-refractivity contribution in [3.63, 3.8) is 0 Å². The fraction of sp³-hybridized carbons (Fsp3) is 0.519. The molecule has 1 saturated carbocycles. The number of hydrogen-bond donors (Lipinski definition) is 0. The van der Waals surface area contributed by atoms with Crippen molar-refractivity contribution in [3.8, 4) is 0 Å². The summed E-state index contributed by atoms with van der Waals surface area (Å²) in [6.45, 7) is -0.464. The molecule has 2 fully saturated rings. The molecule has 4 nitrogen and oxygen atoms in total. The molecule has 1 unspecified atom stereocenters. The van der Waals surface area contributed by atoms with Crippen LogP contribution in [0.5, 0.6) is 0 Å². The Kier molecular flexibility index (Phi) is 8.51. The molecule has 4 rings (SSSR count). The Morgan fingerprint density at radius 2 is 1.41 bits per heavy atom. The molecule has 1 aliphatic carbocycles. The molecule has 0 spiro atoms. The zero-order chi connectivity index (χ0) is 30.4. The molecule has 1 aliphatic heterocycles. The Bertz CT molecular complexity index is 1340. The molecule has 41 heavy (non-hydrogen) atoms. The van der Waals surface area contributed by atoms with Crippen molar-refractivity contribution in [2.45, 2.75) is 65.0 Å². The monoisotopic (exact) mass is 629 g/mol. The molecule has 1 amide bonds. The van der Waals surface area contributed by atoms with Gasteiger partial charge in [-0.1, -0.05) is 24.3 Å². The molecule has 1 saturated heterocycles. The number of thioether (sulfide) groups is 1. The van der Waals surface area contributed by atoms with E-state index in [1.807, 2.05) is 6.26 Å². The minimum atomic E-state index is -6.34. The first kappa shape index (κ1) is 31.6. The highest BCUT2D eigenvalue weighted by atomic mass is 32.2. The van der Waals surface area contributed by atoms with Gasteiger partial charge in [0.1, 0.15) is 10.6 Å². The van der Waals surface area contributed by atoms with E-state index >= 15 is 0 Å². The first-order valence-electron chi connectivity index (χ1n) is 12.7. The summed E-state index contributed by atoms with van der Waals surface area (Å²) in [5, 5.41) is 0.408. The van der Waals surface area contributed by atoms with Crippen molar-refractivity contribution in [2.75, 3.05) is 19.3 Å². The Labute approximate surface area is 236 Å². The van der Waals surface area contributed by atoms with Crippen LogP contribution >= 0.6 is 11.8 Å². The number of sulfone groups is 1. The van der Waals surface area contributed by atoms with E-state index in [0.29, 0.717) is 18.1 Å². The Morgan fingerprint density at radius 3 is 1.90 bits per heavy atom. The number of hydrogen-bond acceptors (Lipinski definition) is 4. The third-order valence-electron chi connectivity index (χ3n) is 8.13. The fourth-order valence-electron chi connectivity index (χ4n) is 5.71. The van der Waals surface area contributed by atoms with Gasteiger partial charge in [-0.2, -0.15) is 38.1 Å². The van der Waals surface area contributed by atoms with Crippen molar-refractivity contribution in [1.29, 1.82) is 0 Å². The summed E-state index contributed by atoms with van der Waals surface area (Å²) in [4.78, 5) is 14.4. The second-order valence-electron chi connectivity index (χ2n) is 10.4. The number of rotatable bonds is 6. The van der Waals surface area contributed by atoms with Crippen LogP contribution in [0.15, 0.2) is 53.4 Å². The molecule has 0 N–H and O–H groups in total. The second kappa shape index (κ2) is 11.1. The van der Waals surface area contributed by atoms with Crippen molar-refractivity contribution in [1.82, 2.24) is 4.90 Å². The van der Waals surface area contributed by atoms with Gasteiger partial charge in [0.05, 0.1) is 4.90 Å². The van der Waals surface area contributed by atoms with Gasteiger partial charge in [0.15, 0.2) is 9.84 Å². The minimum absolute atomic E-state index is 0.0401. The van der Waals surface area contributed by atoms with Crippen LogP contribution in [0.2, 0.25) is 0 Å². The van der Waals surface area contributed by atoms with Gasteiger partial charge in [-0.05, 0) is 68.2 Å². The Hall–Kier alpha value is -2.35. The molecule has 1 heterocycles. The van der Waals surface area contributed by atoms with E-state index in [1.54, 1.807) is 11.8 Å². The number of amides is 1. The number of benzene rings is 2. The number of likely N-dealkylation sites (tertiary alicyclic amines) is 1. The maximum absolute atomic E-state index is 14.6. The predicted octanol–water partition coefficient (Wildman–Crippen LogP) is 6.94. The highest BCUT2D eigenvalue weighted by Crippen LogP contribution is 2.54. The molecular formula is C27H27F8NO3S2. The van der Waals surface area contributed by atoms with Crippen LogP contribution in [0, 0.1) is 11.7 Å². The molecule has 1 atom stereocenters. The average molecular weight is 630 g/mol. The van der Waals surface area contributed by atoms with Crippen LogP contribution in [0.3, 0.4) is 0 Å². The van der Waals surface area contributed by atoms with Crippen LogP contribution in [-0.4, -0.2) is 56.2 Å². The average Bonchev–Trinajstić information content (AvgIpc) is 3.39. The normalized spacial score (nSPS) is 24.5. The number of carbonyl (C=O) groups excluding carboxylic acids is 1. The lowest BCUT2D eigenvalue weighted by molar-refractivity contribution is -0.348. The standard InChI is InChI=1S/C27H27F8NO3S2/c1-40-21-10-2-17(3-11-21)23(37)36-15-14-24(16-36,41(38,39)22-12-8-20(28)9-13-22)18-4-6-19(7-5-18)25(29,26(30,31)32)27(33,34)35/h4-9,12-13,17,21H,2-3,10-11,14-16H2,1H3. The summed E-state index contributed by atoms with van der Waals surface area (Å²) in [5.74, 6) is -1.37. The summed E-state index contributed by atoms with van der Waals surface area (Å²) in [5.41, 5.74) is -7.65. The largest absolute Gasteiger partial charge is 0.435 e. The first-order valence-corrected chi connectivity index (χ1v) is 15.5. The first-order chi connectivity index (χ1) is 19.0. The van der Waals surface area contributed by atoms with Crippen molar-refractivity contribution in [3.05, 3.63) is 65.5 Å². The number of nitrogens with zero attached hydrogens (tertiary/aromatic N) is 1. The smallest absolute Gasteiger partial charge is 0.340 e. The number of alkyl halides is 7. The number of halogens is 8. The van der Waals surface area contributed by atoms with Crippen molar-refractivity contribution < 1.29 is 48.3 Å². The molecule has 0 bridgehead atoms. The highest BCUT2D eigenvalue weighted by molar-refractivity contribution is 7.99. The summed E-state index contributed by atoms with van der Waals surface area (Å²) in [6, 6.07) is 5.77. The summed E-state index contributed by atoms with van der Waals surface area (Å²) < 4.78 is 134. The van der Waals surface area contributed by atoms with E-state index in [9.17, 15) is 48.3 Å². The zero-order valence-electron chi connectivity index (χ0n) is 21.7. The van der Waals surface area contributed by atoms with Crippen LogP contribution in [0.1, 0.15) is 43.2 Å². The highest BCUT2D eigenvalue weighted by Gasteiger charge is 2.73. The molecular weight excluding hydrogens is 602 g/mol. The SMILES string of the molecule is CSC1CCC(C(=O)N2CCC(c3ccc(C(F)(C(F)(F)F)C(F)(F)F)cc3)(S(=O)(=O)c3ccc(F)cc3)C2)CC1. The van der Waals surface area contributed by atoms with Gasteiger partial charge < -0.3 is 4.90 Å². The van der Waals surface area contributed by atoms with Gasteiger partial charge >= 0.3 is 18.0 Å². The van der Waals surface area contributed by atoms with Gasteiger partial charge in [0.25, 0.3) is 0 Å². The summed E-state index contributed by atoms with van der Waals surface area (Å²) in [6.07, 6.45) is -8.13. The van der Waals surface area contributed by atoms with E-state index in [1.165, 1.54) is 4.90 Å². The fourth-order valence-corrected chi connectivity index (χ4v) is 8.54. The van der Waals surface area contributed by atoms with Crippen LogP contribution in [0.25, 0.3) is 0 Å².